The molecule has 7 nitrogen and oxygen atoms in total. The van der Waals surface area contributed by atoms with E-state index in [1.54, 1.807) is 13.3 Å². The summed E-state index contributed by atoms with van der Waals surface area (Å²) in [6.07, 6.45) is 3.32. The number of nitrogens with zero attached hydrogens (tertiary/aromatic N) is 3. The van der Waals surface area contributed by atoms with E-state index in [2.05, 4.69) is 39.6 Å². The normalized spacial score (nSPS) is 11.6. The number of nitrogens with one attached hydrogen (secondary N) is 2. The van der Waals surface area contributed by atoms with Crippen molar-refractivity contribution in [1.29, 1.82) is 0 Å². The Morgan fingerprint density at radius 2 is 1.85 bits per heavy atom. The molecule has 0 aliphatic rings. The Morgan fingerprint density at radius 1 is 1.07 bits per heavy atom. The third kappa shape index (κ3) is 4.55. The average Bonchev–Trinajstić information content (AvgIpc) is 3.35. The SMILES string of the molecule is CCc1noc(CC)c1CNC(=NC)NCc1coc(-c2ccccc2)n1. The van der Waals surface area contributed by atoms with Crippen LogP contribution < -0.4 is 10.6 Å². The van der Waals surface area contributed by atoms with E-state index < -0.39 is 0 Å². The Balaban J connectivity index is 1.57. The molecule has 0 unspecified atom stereocenters. The highest BCUT2D eigenvalue weighted by molar-refractivity contribution is 5.79. The van der Waals surface area contributed by atoms with Crippen molar-refractivity contribution in [3.63, 3.8) is 0 Å². The summed E-state index contributed by atoms with van der Waals surface area (Å²) in [7, 11) is 1.74. The maximum absolute atomic E-state index is 5.56. The molecule has 0 amide bonds. The number of guanidine groups is 1. The fourth-order valence-electron chi connectivity index (χ4n) is 2.81. The van der Waals surface area contributed by atoms with Crippen LogP contribution in [-0.4, -0.2) is 23.1 Å². The minimum absolute atomic E-state index is 0.515. The molecule has 142 valence electrons. The fourth-order valence-corrected chi connectivity index (χ4v) is 2.81. The van der Waals surface area contributed by atoms with Gasteiger partial charge in [-0.25, -0.2) is 4.98 Å². The molecular weight excluding hydrogens is 342 g/mol. The lowest BCUT2D eigenvalue weighted by molar-refractivity contribution is 0.380. The van der Waals surface area contributed by atoms with E-state index in [1.165, 1.54) is 0 Å². The Bertz CT molecular complexity index is 861. The van der Waals surface area contributed by atoms with Gasteiger partial charge in [0.15, 0.2) is 5.96 Å². The number of hydrogen-bond acceptors (Lipinski definition) is 5. The third-order valence-corrected chi connectivity index (χ3v) is 4.27. The molecule has 7 heteroatoms. The molecule has 2 heterocycles. The monoisotopic (exact) mass is 367 g/mol. The lowest BCUT2D eigenvalue weighted by Crippen LogP contribution is -2.36. The predicted molar refractivity (Wildman–Crippen MR) is 104 cm³/mol. The summed E-state index contributed by atoms with van der Waals surface area (Å²) < 4.78 is 11.0. The van der Waals surface area contributed by atoms with Crippen LogP contribution in [0.2, 0.25) is 0 Å². The number of aryl methyl sites for hydroxylation is 2. The lowest BCUT2D eigenvalue weighted by atomic mass is 10.1. The standard InChI is InChI=1S/C20H25N5O2/c1-4-17-16(18(5-2)27-25-17)12-23-20(21-3)22-11-15-13-26-19(24-15)14-9-7-6-8-10-14/h6-10,13H,4-5,11-12H2,1-3H3,(H2,21,22,23). The molecule has 0 aliphatic heterocycles. The van der Waals surface area contributed by atoms with Crippen molar-refractivity contribution in [3.05, 3.63) is 59.3 Å². The molecule has 0 aliphatic carbocycles. The molecule has 0 atom stereocenters. The summed E-state index contributed by atoms with van der Waals surface area (Å²) in [6.45, 7) is 5.26. The number of benzene rings is 1. The van der Waals surface area contributed by atoms with E-state index in [0.717, 1.165) is 41.1 Å². The maximum Gasteiger partial charge on any atom is 0.226 e. The van der Waals surface area contributed by atoms with Gasteiger partial charge >= 0.3 is 0 Å². The van der Waals surface area contributed by atoms with E-state index in [1.807, 2.05) is 30.3 Å². The number of aromatic nitrogens is 2. The van der Waals surface area contributed by atoms with Crippen LogP contribution >= 0.6 is 0 Å². The van der Waals surface area contributed by atoms with Crippen LogP contribution in [0.5, 0.6) is 0 Å². The van der Waals surface area contributed by atoms with Gasteiger partial charge in [0.05, 0.1) is 17.9 Å². The Morgan fingerprint density at radius 3 is 2.56 bits per heavy atom. The Hall–Kier alpha value is -3.09. The summed E-state index contributed by atoms with van der Waals surface area (Å²) in [4.78, 5) is 8.78. The molecule has 0 bridgehead atoms. The summed E-state index contributed by atoms with van der Waals surface area (Å²) in [5, 5.41) is 10.7. The highest BCUT2D eigenvalue weighted by Gasteiger charge is 2.14. The number of oxazole rings is 1. The first kappa shape index (κ1) is 18.7. The molecule has 0 fully saturated rings. The minimum Gasteiger partial charge on any atom is -0.444 e. The average molecular weight is 367 g/mol. The van der Waals surface area contributed by atoms with Gasteiger partial charge in [0.1, 0.15) is 12.0 Å². The predicted octanol–water partition coefficient (Wildman–Crippen LogP) is 3.32. The molecule has 27 heavy (non-hydrogen) atoms. The summed E-state index contributed by atoms with van der Waals surface area (Å²) in [5.74, 6) is 2.21. The number of rotatable bonds is 7. The van der Waals surface area contributed by atoms with Gasteiger partial charge in [-0.3, -0.25) is 4.99 Å². The molecule has 0 radical (unpaired) electrons. The Kier molecular flexibility index (Phi) is 6.25. The Labute approximate surface area is 158 Å². The minimum atomic E-state index is 0.515. The van der Waals surface area contributed by atoms with Gasteiger partial charge in [0.2, 0.25) is 5.89 Å². The van der Waals surface area contributed by atoms with E-state index >= 15 is 0 Å². The van der Waals surface area contributed by atoms with Gasteiger partial charge < -0.3 is 19.6 Å². The lowest BCUT2D eigenvalue weighted by Gasteiger charge is -2.11. The van der Waals surface area contributed by atoms with Crippen LogP contribution in [0.1, 0.15) is 36.6 Å². The highest BCUT2D eigenvalue weighted by atomic mass is 16.5. The zero-order valence-electron chi connectivity index (χ0n) is 16.0. The summed E-state index contributed by atoms with van der Waals surface area (Å²) in [6, 6.07) is 9.83. The van der Waals surface area contributed by atoms with Crippen molar-refractivity contribution in [2.45, 2.75) is 39.8 Å². The molecule has 0 spiro atoms. The van der Waals surface area contributed by atoms with Crippen LogP contribution in [0.25, 0.3) is 11.5 Å². The molecular formula is C20H25N5O2. The van der Waals surface area contributed by atoms with Crippen LogP contribution in [0.3, 0.4) is 0 Å². The second kappa shape index (κ2) is 9.02. The molecule has 0 saturated heterocycles. The molecule has 3 rings (SSSR count). The first-order valence-corrected chi connectivity index (χ1v) is 9.15. The molecule has 3 aromatic rings. The van der Waals surface area contributed by atoms with Crippen molar-refractivity contribution in [3.8, 4) is 11.5 Å². The smallest absolute Gasteiger partial charge is 0.226 e. The first-order chi connectivity index (χ1) is 13.2. The van der Waals surface area contributed by atoms with Crippen molar-refractivity contribution in [1.82, 2.24) is 20.8 Å². The van der Waals surface area contributed by atoms with Gasteiger partial charge in [-0.05, 0) is 18.6 Å². The van der Waals surface area contributed by atoms with Crippen molar-refractivity contribution in [2.75, 3.05) is 7.05 Å². The first-order valence-electron chi connectivity index (χ1n) is 9.15. The third-order valence-electron chi connectivity index (χ3n) is 4.27. The van der Waals surface area contributed by atoms with Crippen molar-refractivity contribution < 1.29 is 8.94 Å². The largest absolute Gasteiger partial charge is 0.444 e. The van der Waals surface area contributed by atoms with Crippen molar-refractivity contribution in [2.24, 2.45) is 4.99 Å². The van der Waals surface area contributed by atoms with E-state index in [-0.39, 0.29) is 0 Å². The second-order valence-electron chi connectivity index (χ2n) is 6.03. The van der Waals surface area contributed by atoms with Gasteiger partial charge in [-0.15, -0.1) is 0 Å². The van der Waals surface area contributed by atoms with Crippen LogP contribution in [0.15, 0.2) is 50.5 Å². The fraction of sp³-hybridized carbons (Fsp3) is 0.350. The molecule has 0 saturated carbocycles. The number of aliphatic imine (C=N–C) groups is 1. The maximum atomic E-state index is 5.56. The zero-order chi connectivity index (χ0) is 19.1. The van der Waals surface area contributed by atoms with E-state index in [4.69, 9.17) is 8.94 Å². The number of hydrogen-bond donors (Lipinski definition) is 2. The second-order valence-corrected chi connectivity index (χ2v) is 6.03. The van der Waals surface area contributed by atoms with Crippen LogP contribution in [0, 0.1) is 0 Å². The van der Waals surface area contributed by atoms with Crippen LogP contribution in [-0.2, 0) is 25.9 Å². The molecule has 2 N–H and O–H groups in total. The summed E-state index contributed by atoms with van der Waals surface area (Å²) in [5.41, 5.74) is 3.86. The van der Waals surface area contributed by atoms with E-state index in [0.29, 0.717) is 24.9 Å². The molecule has 1 aromatic carbocycles. The van der Waals surface area contributed by atoms with Gasteiger partial charge in [-0.2, -0.15) is 0 Å². The van der Waals surface area contributed by atoms with Gasteiger partial charge in [-0.1, -0.05) is 37.2 Å². The zero-order valence-corrected chi connectivity index (χ0v) is 16.0. The van der Waals surface area contributed by atoms with Gasteiger partial charge in [0.25, 0.3) is 0 Å². The topological polar surface area (TPSA) is 88.5 Å². The van der Waals surface area contributed by atoms with Gasteiger partial charge in [0, 0.05) is 31.1 Å². The van der Waals surface area contributed by atoms with E-state index in [9.17, 15) is 0 Å². The highest BCUT2D eigenvalue weighted by Crippen LogP contribution is 2.18. The van der Waals surface area contributed by atoms with Crippen molar-refractivity contribution >= 4 is 5.96 Å². The quantitative estimate of drug-likeness (QED) is 0.492. The van der Waals surface area contributed by atoms with Crippen LogP contribution in [0.4, 0.5) is 0 Å². The molecule has 2 aromatic heterocycles. The summed E-state index contributed by atoms with van der Waals surface area (Å²) >= 11 is 0.